The summed E-state index contributed by atoms with van der Waals surface area (Å²) < 4.78 is 51.5. The van der Waals surface area contributed by atoms with Gasteiger partial charge in [0.2, 0.25) is 0 Å². The number of carbonyl (C=O) groups excluding carboxylic acids is 1. The van der Waals surface area contributed by atoms with Gasteiger partial charge in [0.15, 0.2) is 5.78 Å². The van der Waals surface area contributed by atoms with Crippen LogP contribution in [0.1, 0.15) is 24.8 Å². The van der Waals surface area contributed by atoms with Crippen molar-refractivity contribution in [3.63, 3.8) is 0 Å². The van der Waals surface area contributed by atoms with E-state index in [4.69, 9.17) is 14.0 Å². The molecule has 0 spiro atoms. The van der Waals surface area contributed by atoms with Gasteiger partial charge in [-0.25, -0.2) is 8.42 Å². The van der Waals surface area contributed by atoms with Crippen LogP contribution < -0.4 is 0 Å². The number of ketones is 1. The summed E-state index contributed by atoms with van der Waals surface area (Å²) in [5.74, 6) is 0.138. The van der Waals surface area contributed by atoms with Crippen LogP contribution >= 0.6 is 0 Å². The molecule has 1 heterocycles. The largest absolute Gasteiger partial charge is 0 e. The van der Waals surface area contributed by atoms with Crippen LogP contribution in [-0.2, 0) is 45.8 Å². The smallest absolute Gasteiger partial charge is 0 e. The summed E-state index contributed by atoms with van der Waals surface area (Å²) in [6.07, 6.45) is 2.53. The summed E-state index contributed by atoms with van der Waals surface area (Å²) in [6.45, 7) is 28.9. The van der Waals surface area contributed by atoms with Crippen molar-refractivity contribution in [3.8, 4) is 0 Å². The Hall–Kier alpha value is -1.71. The molecule has 1 aromatic carbocycles. The maximum Gasteiger partial charge on any atom is 0 e. The number of sulfonamides is 1. The Morgan fingerprint density at radius 2 is 1.25 bits per heavy atom. The number of nitrogens with zero attached hydrogens (tertiary/aromatic N) is 1. The molecule has 3 rings (SSSR count). The second-order valence-electron chi connectivity index (χ2n) is 10.3. The third-order valence-electron chi connectivity index (χ3n) is 5.67. The minimum absolute atomic E-state index is 0. The zero-order valence-corrected chi connectivity index (χ0v) is 25.7. The van der Waals surface area contributed by atoms with E-state index >= 15 is 0 Å². The maximum absolute atomic E-state index is 13.7. The molecule has 7 nitrogen and oxygen atoms in total. The molecular weight excluding hydrogens is 554 g/mol. The third-order valence-corrected chi connectivity index (χ3v) is 11.5. The Morgan fingerprint density at radius 1 is 0.806 bits per heavy atom. The number of hydrogen-bond donors (Lipinski definition) is 0. The average molecular weight is 588 g/mol. The van der Waals surface area contributed by atoms with Crippen LogP contribution in [0.15, 0.2) is 50.8 Å². The molecule has 0 N–H and O–H groups in total. The summed E-state index contributed by atoms with van der Waals surface area (Å²) in [7, 11) is -7.70. The molecule has 0 unspecified atom stereocenters. The van der Waals surface area contributed by atoms with Gasteiger partial charge in [-0.05, 0) is 49.1 Å². The van der Waals surface area contributed by atoms with Gasteiger partial charge in [0.25, 0.3) is 10.0 Å². The van der Waals surface area contributed by atoms with Crippen molar-refractivity contribution in [1.82, 2.24) is 4.31 Å². The number of allylic oxidation sites excluding steroid dienone is 3. The van der Waals surface area contributed by atoms with Crippen molar-refractivity contribution in [3.05, 3.63) is 71.4 Å². The van der Waals surface area contributed by atoms with Gasteiger partial charge in [-0.3, -0.25) is 9.10 Å². The fourth-order valence-corrected chi connectivity index (χ4v) is 9.90. The van der Waals surface area contributed by atoms with Crippen molar-refractivity contribution in [1.29, 1.82) is 0 Å². The van der Waals surface area contributed by atoms with Crippen LogP contribution in [0.2, 0.25) is 39.3 Å². The monoisotopic (exact) mass is 587 g/mol. The van der Waals surface area contributed by atoms with Crippen LogP contribution in [0, 0.1) is 26.9 Å². The number of fused-ring (bicyclic) bond motifs is 1. The van der Waals surface area contributed by atoms with E-state index < -0.39 is 26.2 Å². The van der Waals surface area contributed by atoms with Crippen LogP contribution in [0.4, 0.5) is 0 Å². The van der Waals surface area contributed by atoms with Crippen molar-refractivity contribution < 1.29 is 44.2 Å². The Bertz CT molecular complexity index is 1140. The minimum atomic E-state index is -3.72. The quantitative estimate of drug-likeness (QED) is 0.282. The Balaban J connectivity index is 0. The van der Waals surface area contributed by atoms with E-state index in [0.29, 0.717) is 11.4 Å². The van der Waals surface area contributed by atoms with Crippen LogP contribution in [0.5, 0.6) is 0 Å². The second-order valence-corrected chi connectivity index (χ2v) is 22.1. The Morgan fingerprint density at radius 3 is 1.67 bits per heavy atom. The summed E-state index contributed by atoms with van der Waals surface area (Å²) >= 11 is 0. The molecule has 196 valence electrons. The molecule has 11 heteroatoms. The summed E-state index contributed by atoms with van der Waals surface area (Å²) in [5.41, 5.74) is 2.80. The Kier molecular flexibility index (Phi) is 15.1. The SMILES string of the molecule is Cc1ccc(S(=O)(=O)N2CCCCC3=C([Si](C)(C)C)C(=O)C([Si](C)(C)C)=C32)cc1.[C-]#[O+].[C-]#[O+].[C-]#[O+].[Fe]. The van der Waals surface area contributed by atoms with Gasteiger partial charge < -0.3 is 0 Å². The van der Waals surface area contributed by atoms with E-state index in [0.717, 1.165) is 46.5 Å². The topological polar surface area (TPSA) is 114 Å². The van der Waals surface area contributed by atoms with Gasteiger partial charge in [-0.1, -0.05) is 57.0 Å². The van der Waals surface area contributed by atoms with Crippen LogP contribution in [-0.4, -0.2) is 41.2 Å². The Labute approximate surface area is 228 Å². The predicted molar refractivity (Wildman–Crippen MR) is 136 cm³/mol. The van der Waals surface area contributed by atoms with E-state index in [1.54, 1.807) is 16.4 Å². The van der Waals surface area contributed by atoms with Gasteiger partial charge in [-0.15, -0.1) is 0 Å². The second kappa shape index (κ2) is 14.9. The third kappa shape index (κ3) is 7.89. The molecule has 1 aliphatic heterocycles. The number of Topliss-reactive ketones (excluding diaryl/α,β-unsaturated/α-hetero) is 1. The summed E-state index contributed by atoms with van der Waals surface area (Å²) in [5, 5.41) is 1.76. The zero-order valence-electron chi connectivity index (χ0n) is 21.8. The first-order valence-corrected chi connectivity index (χ1v) is 19.4. The number of rotatable bonds is 4. The molecule has 0 bridgehead atoms. The first kappa shape index (κ1) is 36.4. The molecule has 0 saturated carbocycles. The maximum atomic E-state index is 13.7. The van der Waals surface area contributed by atoms with Gasteiger partial charge >= 0.3 is 33.9 Å². The first-order valence-electron chi connectivity index (χ1n) is 11.0. The van der Waals surface area contributed by atoms with E-state index in [1.807, 2.05) is 19.1 Å². The van der Waals surface area contributed by atoms with Crippen molar-refractivity contribution in [2.45, 2.75) is 70.4 Å². The van der Waals surface area contributed by atoms with Gasteiger partial charge in [0.05, 0.1) is 26.7 Å². The van der Waals surface area contributed by atoms with Crippen molar-refractivity contribution >= 4 is 32.0 Å². The molecule has 0 amide bonds. The minimum Gasteiger partial charge on any atom is 0 e. The summed E-state index contributed by atoms with van der Waals surface area (Å²) in [4.78, 5) is 14.0. The van der Waals surface area contributed by atoms with Crippen molar-refractivity contribution in [2.75, 3.05) is 6.54 Å². The molecule has 0 radical (unpaired) electrons. The van der Waals surface area contributed by atoms with Crippen LogP contribution in [0.3, 0.4) is 0 Å². The van der Waals surface area contributed by atoms with Crippen molar-refractivity contribution in [2.24, 2.45) is 0 Å². The standard InChI is InChI=1S/C22H33NO3SSi2.3CO.Fe/c1-16-11-13-17(14-12-16)27(25,26)23-15-9-8-10-18-19(23)22(29(5,6)7)20(24)21(18)28(2,3)4;3*1-2;/h11-14H,8-10,15H2,1-7H3;;;;. The average Bonchev–Trinajstić information content (AvgIpc) is 2.95. The molecule has 0 atom stereocenters. The number of hydrogen-bond acceptors (Lipinski definition) is 3. The van der Waals surface area contributed by atoms with Gasteiger partial charge in [0, 0.05) is 28.8 Å². The molecule has 2 aliphatic rings. The van der Waals surface area contributed by atoms with E-state index in [2.05, 4.69) is 59.2 Å². The molecule has 1 fully saturated rings. The number of carbonyl (C=O) groups is 1. The molecule has 1 aromatic rings. The molecule has 1 saturated heterocycles. The molecular formula is C25H33FeNO6SSi2. The van der Waals surface area contributed by atoms with Gasteiger partial charge in [-0.2, -0.15) is 0 Å². The van der Waals surface area contributed by atoms with Crippen LogP contribution in [0.25, 0.3) is 0 Å². The number of benzene rings is 1. The fourth-order valence-electron chi connectivity index (χ4n) is 4.39. The molecule has 36 heavy (non-hydrogen) atoms. The van der Waals surface area contributed by atoms with E-state index in [-0.39, 0.29) is 22.9 Å². The summed E-state index contributed by atoms with van der Waals surface area (Å²) in [6, 6.07) is 7.04. The first-order chi connectivity index (χ1) is 16.3. The molecule has 1 aliphatic carbocycles. The molecule has 0 aromatic heterocycles. The van der Waals surface area contributed by atoms with E-state index in [1.165, 1.54) is 0 Å². The number of aryl methyl sites for hydroxylation is 1. The zero-order chi connectivity index (χ0) is 27.8. The predicted octanol–water partition coefficient (Wildman–Crippen LogP) is 4.94. The van der Waals surface area contributed by atoms with E-state index in [9.17, 15) is 13.2 Å². The van der Waals surface area contributed by atoms with Gasteiger partial charge in [0.1, 0.15) is 0 Å². The normalized spacial score (nSPS) is 15.5. The fraction of sp³-hybridized carbons (Fsp3) is 0.440.